The van der Waals surface area contributed by atoms with Gasteiger partial charge in [-0.2, -0.15) is 0 Å². The molecule has 1 aromatic heterocycles. The normalized spacial score (nSPS) is 13.9. The van der Waals surface area contributed by atoms with Crippen LogP contribution in [0.25, 0.3) is 0 Å². The van der Waals surface area contributed by atoms with Crippen LogP contribution in [0.5, 0.6) is 0 Å². The highest BCUT2D eigenvalue weighted by Gasteiger charge is 2.14. The van der Waals surface area contributed by atoms with E-state index < -0.39 is 0 Å². The molecule has 1 aliphatic rings. The van der Waals surface area contributed by atoms with Gasteiger partial charge in [0.15, 0.2) is 0 Å². The summed E-state index contributed by atoms with van der Waals surface area (Å²) in [6, 6.07) is 5.83. The molecule has 1 aromatic carbocycles. The van der Waals surface area contributed by atoms with E-state index >= 15 is 0 Å². The minimum Gasteiger partial charge on any atom is -0.338 e. The largest absolute Gasteiger partial charge is 0.338 e. The van der Waals surface area contributed by atoms with E-state index in [0.29, 0.717) is 19.5 Å². The van der Waals surface area contributed by atoms with Gasteiger partial charge in [0.2, 0.25) is 0 Å². The summed E-state index contributed by atoms with van der Waals surface area (Å²) in [5.41, 5.74) is 0.856. The van der Waals surface area contributed by atoms with Crippen molar-refractivity contribution in [2.75, 3.05) is 6.54 Å². The van der Waals surface area contributed by atoms with E-state index in [1.165, 1.54) is 25.0 Å². The van der Waals surface area contributed by atoms with Crippen molar-refractivity contribution in [1.29, 1.82) is 0 Å². The molecule has 24 heavy (non-hydrogen) atoms. The lowest BCUT2D eigenvalue weighted by molar-refractivity contribution is 0.240. The van der Waals surface area contributed by atoms with E-state index in [4.69, 9.17) is 0 Å². The summed E-state index contributed by atoms with van der Waals surface area (Å²) in [7, 11) is 0. The number of nitrogens with zero attached hydrogens (tertiary/aromatic N) is 3. The molecule has 1 aliphatic heterocycles. The van der Waals surface area contributed by atoms with Gasteiger partial charge in [0, 0.05) is 32.5 Å². The van der Waals surface area contributed by atoms with E-state index in [1.54, 1.807) is 12.1 Å². The van der Waals surface area contributed by atoms with Gasteiger partial charge in [-0.3, -0.25) is 0 Å². The Morgan fingerprint density at radius 2 is 1.96 bits per heavy atom. The highest BCUT2D eigenvalue weighted by Crippen LogP contribution is 2.14. The summed E-state index contributed by atoms with van der Waals surface area (Å²) in [6.07, 6.45) is 5.20. The summed E-state index contributed by atoms with van der Waals surface area (Å²) < 4.78 is 15.0. The predicted octanol–water partition coefficient (Wildman–Crippen LogP) is 2.19. The number of benzene rings is 1. The third-order valence-corrected chi connectivity index (χ3v) is 4.19. The Bertz CT molecular complexity index is 683. The zero-order valence-electron chi connectivity index (χ0n) is 13.6. The molecular formula is C17H22FN5O. The number of hydrogen-bond acceptors (Lipinski definition) is 3. The molecule has 0 bridgehead atoms. The van der Waals surface area contributed by atoms with Gasteiger partial charge in [0.25, 0.3) is 0 Å². The average molecular weight is 331 g/mol. The van der Waals surface area contributed by atoms with Gasteiger partial charge in [-0.1, -0.05) is 18.6 Å². The summed E-state index contributed by atoms with van der Waals surface area (Å²) in [5.74, 6) is 1.71. The zero-order chi connectivity index (χ0) is 16.8. The standard InChI is InChI=1S/C17H22FN5O/c18-14-7-5-13(6-8-14)12-20-17(24)19-10-9-16-22-21-15-4-2-1-3-11-23(15)16/h5-8H,1-4,9-12H2,(H2,19,20,24). The molecule has 0 fully saturated rings. The van der Waals surface area contributed by atoms with Crippen LogP contribution in [0.15, 0.2) is 24.3 Å². The van der Waals surface area contributed by atoms with Crippen molar-refractivity contribution in [3.05, 3.63) is 47.3 Å². The molecule has 0 radical (unpaired) electrons. The van der Waals surface area contributed by atoms with Gasteiger partial charge >= 0.3 is 6.03 Å². The maximum absolute atomic E-state index is 12.8. The van der Waals surface area contributed by atoms with Gasteiger partial charge in [0.05, 0.1) is 0 Å². The SMILES string of the molecule is O=C(NCCc1nnc2n1CCCCC2)NCc1ccc(F)cc1. The number of amides is 2. The molecule has 0 aliphatic carbocycles. The van der Waals surface area contributed by atoms with Gasteiger partial charge in [-0.05, 0) is 30.5 Å². The van der Waals surface area contributed by atoms with E-state index in [-0.39, 0.29) is 11.8 Å². The molecule has 0 atom stereocenters. The fraction of sp³-hybridized carbons (Fsp3) is 0.471. The Kier molecular flexibility index (Phi) is 5.40. The first-order chi connectivity index (χ1) is 11.7. The lowest BCUT2D eigenvalue weighted by atomic mass is 10.2. The van der Waals surface area contributed by atoms with Crippen LogP contribution in [0, 0.1) is 5.82 Å². The van der Waals surface area contributed by atoms with Crippen molar-refractivity contribution in [1.82, 2.24) is 25.4 Å². The van der Waals surface area contributed by atoms with E-state index in [9.17, 15) is 9.18 Å². The van der Waals surface area contributed by atoms with Crippen LogP contribution < -0.4 is 10.6 Å². The molecule has 2 N–H and O–H groups in total. The van der Waals surface area contributed by atoms with E-state index in [2.05, 4.69) is 25.4 Å². The summed E-state index contributed by atoms with van der Waals surface area (Å²) >= 11 is 0. The van der Waals surface area contributed by atoms with Crippen molar-refractivity contribution < 1.29 is 9.18 Å². The molecule has 0 saturated heterocycles. The fourth-order valence-corrected chi connectivity index (χ4v) is 2.87. The second kappa shape index (κ2) is 7.90. The van der Waals surface area contributed by atoms with E-state index in [1.807, 2.05) is 0 Å². The number of halogens is 1. The molecule has 0 unspecified atom stereocenters. The molecule has 6 nitrogen and oxygen atoms in total. The summed E-state index contributed by atoms with van der Waals surface area (Å²) in [5, 5.41) is 14.1. The molecule has 2 heterocycles. The molecule has 2 aromatic rings. The first-order valence-corrected chi connectivity index (χ1v) is 8.39. The maximum atomic E-state index is 12.8. The van der Waals surface area contributed by atoms with Crippen molar-refractivity contribution in [3.63, 3.8) is 0 Å². The number of urea groups is 1. The smallest absolute Gasteiger partial charge is 0.315 e. The van der Waals surface area contributed by atoms with Crippen LogP contribution in [-0.4, -0.2) is 27.3 Å². The number of fused-ring (bicyclic) bond motifs is 1. The van der Waals surface area contributed by atoms with Crippen LogP contribution in [-0.2, 0) is 25.9 Å². The molecule has 0 saturated carbocycles. The molecule has 3 rings (SSSR count). The topological polar surface area (TPSA) is 71.8 Å². The molecular weight excluding hydrogens is 309 g/mol. The van der Waals surface area contributed by atoms with Crippen molar-refractivity contribution in [2.24, 2.45) is 0 Å². The average Bonchev–Trinajstić information content (AvgIpc) is 2.81. The third kappa shape index (κ3) is 4.31. The monoisotopic (exact) mass is 331 g/mol. The number of carbonyl (C=O) groups is 1. The van der Waals surface area contributed by atoms with Gasteiger partial charge in [-0.15, -0.1) is 10.2 Å². The number of aromatic nitrogens is 3. The second-order valence-electron chi connectivity index (χ2n) is 5.98. The third-order valence-electron chi connectivity index (χ3n) is 4.19. The first kappa shape index (κ1) is 16.4. The zero-order valence-corrected chi connectivity index (χ0v) is 13.6. The van der Waals surface area contributed by atoms with Crippen molar-refractivity contribution >= 4 is 6.03 Å². The number of aryl methyl sites for hydroxylation is 1. The number of nitrogens with one attached hydrogen (secondary N) is 2. The lowest BCUT2D eigenvalue weighted by Gasteiger charge is -2.09. The van der Waals surface area contributed by atoms with Crippen molar-refractivity contribution in [2.45, 2.75) is 45.2 Å². The van der Waals surface area contributed by atoms with E-state index in [0.717, 1.165) is 36.6 Å². The van der Waals surface area contributed by atoms with Gasteiger partial charge in [-0.25, -0.2) is 9.18 Å². The molecule has 7 heteroatoms. The first-order valence-electron chi connectivity index (χ1n) is 8.39. The van der Waals surface area contributed by atoms with Crippen LogP contribution in [0.1, 0.15) is 36.5 Å². The van der Waals surface area contributed by atoms with Crippen LogP contribution in [0.3, 0.4) is 0 Å². The quantitative estimate of drug-likeness (QED) is 0.882. The Morgan fingerprint density at radius 1 is 1.12 bits per heavy atom. The Hall–Kier alpha value is -2.44. The Balaban J connectivity index is 1.42. The predicted molar refractivity (Wildman–Crippen MR) is 87.9 cm³/mol. The van der Waals surface area contributed by atoms with Gasteiger partial charge < -0.3 is 15.2 Å². The minimum atomic E-state index is -0.282. The Labute approximate surface area is 140 Å². The Morgan fingerprint density at radius 3 is 2.79 bits per heavy atom. The highest BCUT2D eigenvalue weighted by molar-refractivity contribution is 5.73. The second-order valence-corrected chi connectivity index (χ2v) is 5.98. The lowest BCUT2D eigenvalue weighted by Crippen LogP contribution is -2.36. The van der Waals surface area contributed by atoms with Crippen LogP contribution >= 0.6 is 0 Å². The maximum Gasteiger partial charge on any atom is 0.315 e. The van der Waals surface area contributed by atoms with Crippen LogP contribution in [0.2, 0.25) is 0 Å². The van der Waals surface area contributed by atoms with Crippen LogP contribution in [0.4, 0.5) is 9.18 Å². The van der Waals surface area contributed by atoms with Gasteiger partial charge in [0.1, 0.15) is 17.5 Å². The molecule has 128 valence electrons. The van der Waals surface area contributed by atoms with Crippen molar-refractivity contribution in [3.8, 4) is 0 Å². The number of carbonyl (C=O) groups excluding carboxylic acids is 1. The minimum absolute atomic E-state index is 0.241. The molecule has 2 amide bonds. The summed E-state index contributed by atoms with van der Waals surface area (Å²) in [6.45, 7) is 1.84. The summed E-state index contributed by atoms with van der Waals surface area (Å²) in [4.78, 5) is 11.8. The number of hydrogen-bond donors (Lipinski definition) is 2. The molecule has 0 spiro atoms. The fourth-order valence-electron chi connectivity index (χ4n) is 2.87. The highest BCUT2D eigenvalue weighted by atomic mass is 19.1. The number of rotatable bonds is 5.